The van der Waals surface area contributed by atoms with Crippen LogP contribution in [0, 0.1) is 11.3 Å². The number of phenolic OH excluding ortho intramolecular Hbond substituents is 1. The highest BCUT2D eigenvalue weighted by Crippen LogP contribution is 2.47. The van der Waals surface area contributed by atoms with E-state index in [0.717, 1.165) is 41.8 Å². The predicted molar refractivity (Wildman–Crippen MR) is 125 cm³/mol. The van der Waals surface area contributed by atoms with Crippen LogP contribution in [0.3, 0.4) is 0 Å². The molecule has 0 fully saturated rings. The Morgan fingerprint density at radius 3 is 2.77 bits per heavy atom. The Bertz CT molecular complexity index is 985. The van der Waals surface area contributed by atoms with Crippen molar-refractivity contribution in [3.05, 3.63) is 38.2 Å². The minimum Gasteiger partial charge on any atom is -0.503 e. The molecule has 5 nitrogen and oxygen atoms in total. The maximum atomic E-state index is 13.1. The van der Waals surface area contributed by atoms with E-state index in [1.807, 2.05) is 13.0 Å². The number of phenols is 1. The van der Waals surface area contributed by atoms with Gasteiger partial charge in [0.15, 0.2) is 11.5 Å². The molecule has 1 aromatic heterocycles. The fourth-order valence-corrected chi connectivity index (χ4v) is 6.26. The second-order valence-corrected chi connectivity index (χ2v) is 10.8. The standard InChI is InChI=1S/C23H29BrN2O3S/c1-5-23(3,4)13-7-8-14-17(11-13)30-22-18(14)21(28)25-20(26-22)12-9-15(24)19(27)16(10-12)29-6-2/h9-10,13,20,26-27H,5-8,11H2,1-4H3,(H,25,28)/t13-,20+/m0/s1. The summed E-state index contributed by atoms with van der Waals surface area (Å²) in [5.41, 5.74) is 3.19. The van der Waals surface area contributed by atoms with Gasteiger partial charge in [0.05, 0.1) is 16.6 Å². The number of thiophene rings is 1. The van der Waals surface area contributed by atoms with Gasteiger partial charge in [-0.15, -0.1) is 11.3 Å². The summed E-state index contributed by atoms with van der Waals surface area (Å²) in [5.74, 6) is 1.09. The van der Waals surface area contributed by atoms with Gasteiger partial charge in [0.25, 0.3) is 5.91 Å². The molecule has 1 aromatic carbocycles. The molecule has 0 unspecified atom stereocenters. The fraction of sp³-hybridized carbons (Fsp3) is 0.522. The first-order chi connectivity index (χ1) is 14.2. The Balaban J connectivity index is 1.64. The molecule has 2 heterocycles. The first kappa shape index (κ1) is 21.5. The maximum Gasteiger partial charge on any atom is 0.256 e. The van der Waals surface area contributed by atoms with Crippen LogP contribution >= 0.6 is 27.3 Å². The van der Waals surface area contributed by atoms with Crippen LogP contribution in [-0.2, 0) is 12.8 Å². The molecule has 3 N–H and O–H groups in total. The first-order valence-electron chi connectivity index (χ1n) is 10.6. The van der Waals surface area contributed by atoms with Crippen LogP contribution in [0.2, 0.25) is 0 Å². The summed E-state index contributed by atoms with van der Waals surface area (Å²) in [6, 6.07) is 3.59. The van der Waals surface area contributed by atoms with Gasteiger partial charge in [-0.2, -0.15) is 0 Å². The number of hydrogen-bond donors (Lipinski definition) is 3. The average molecular weight is 493 g/mol. The summed E-state index contributed by atoms with van der Waals surface area (Å²) in [5, 5.41) is 17.8. The number of rotatable bonds is 5. The maximum absolute atomic E-state index is 13.1. The van der Waals surface area contributed by atoms with Gasteiger partial charge in [0.2, 0.25) is 0 Å². The quantitative estimate of drug-likeness (QED) is 0.477. The number of anilines is 1. The van der Waals surface area contributed by atoms with Crippen LogP contribution in [-0.4, -0.2) is 17.6 Å². The Morgan fingerprint density at radius 1 is 1.30 bits per heavy atom. The Labute approximate surface area is 190 Å². The lowest BCUT2D eigenvalue weighted by Gasteiger charge is -2.36. The second-order valence-electron chi connectivity index (χ2n) is 8.82. The molecule has 162 valence electrons. The number of ether oxygens (including phenoxy) is 1. The second kappa shape index (κ2) is 8.08. The van der Waals surface area contributed by atoms with Gasteiger partial charge >= 0.3 is 0 Å². The van der Waals surface area contributed by atoms with Crippen molar-refractivity contribution in [2.75, 3.05) is 11.9 Å². The molecule has 0 radical (unpaired) electrons. The van der Waals surface area contributed by atoms with E-state index in [1.54, 1.807) is 17.4 Å². The number of fused-ring (bicyclic) bond motifs is 3. The largest absolute Gasteiger partial charge is 0.503 e. The zero-order chi connectivity index (χ0) is 21.6. The minimum absolute atomic E-state index is 0.0263. The molecule has 0 bridgehead atoms. The Hall–Kier alpha value is -1.73. The zero-order valence-electron chi connectivity index (χ0n) is 17.9. The number of amides is 1. The molecule has 4 rings (SSSR count). The highest BCUT2D eigenvalue weighted by atomic mass is 79.9. The molecule has 2 aromatic rings. The Morgan fingerprint density at radius 2 is 2.07 bits per heavy atom. The van der Waals surface area contributed by atoms with Crippen molar-refractivity contribution in [2.45, 2.75) is 59.5 Å². The SMILES string of the molecule is CCOc1cc([C@@H]2NC(=O)c3c(sc4c3CC[C@H](C(C)(C)CC)C4)N2)cc(Br)c1O. The normalized spacial score (nSPS) is 20.8. The molecule has 1 amide bonds. The molecular formula is C23H29BrN2O3S. The molecule has 7 heteroatoms. The highest BCUT2D eigenvalue weighted by Gasteiger charge is 2.37. The van der Waals surface area contributed by atoms with Gasteiger partial charge in [-0.1, -0.05) is 27.2 Å². The molecule has 0 spiro atoms. The van der Waals surface area contributed by atoms with Crippen molar-refractivity contribution in [1.82, 2.24) is 5.32 Å². The van der Waals surface area contributed by atoms with E-state index < -0.39 is 0 Å². The van der Waals surface area contributed by atoms with Crippen LogP contribution in [0.4, 0.5) is 5.00 Å². The topological polar surface area (TPSA) is 70.6 Å². The smallest absolute Gasteiger partial charge is 0.256 e. The van der Waals surface area contributed by atoms with E-state index in [2.05, 4.69) is 47.3 Å². The van der Waals surface area contributed by atoms with Gasteiger partial charge in [-0.05, 0) is 76.7 Å². The monoisotopic (exact) mass is 492 g/mol. The third kappa shape index (κ3) is 3.71. The van der Waals surface area contributed by atoms with E-state index in [1.165, 1.54) is 10.4 Å². The van der Waals surface area contributed by atoms with Crippen LogP contribution in [0.25, 0.3) is 0 Å². The highest BCUT2D eigenvalue weighted by molar-refractivity contribution is 9.10. The summed E-state index contributed by atoms with van der Waals surface area (Å²) in [6.45, 7) is 9.30. The number of hydrogen-bond acceptors (Lipinski definition) is 5. The van der Waals surface area contributed by atoms with Crippen LogP contribution < -0.4 is 15.4 Å². The molecule has 30 heavy (non-hydrogen) atoms. The minimum atomic E-state index is -0.371. The summed E-state index contributed by atoms with van der Waals surface area (Å²) in [7, 11) is 0. The number of benzene rings is 1. The molecule has 0 saturated carbocycles. The van der Waals surface area contributed by atoms with Crippen molar-refractivity contribution in [2.24, 2.45) is 11.3 Å². The molecule has 1 aliphatic heterocycles. The zero-order valence-corrected chi connectivity index (χ0v) is 20.3. The number of nitrogens with one attached hydrogen (secondary N) is 2. The summed E-state index contributed by atoms with van der Waals surface area (Å²) >= 11 is 5.12. The van der Waals surface area contributed by atoms with Crippen molar-refractivity contribution in [1.29, 1.82) is 0 Å². The summed E-state index contributed by atoms with van der Waals surface area (Å²) < 4.78 is 6.09. The van der Waals surface area contributed by atoms with Crippen molar-refractivity contribution >= 4 is 38.2 Å². The van der Waals surface area contributed by atoms with Crippen molar-refractivity contribution in [3.63, 3.8) is 0 Å². The molecule has 2 atom stereocenters. The van der Waals surface area contributed by atoms with E-state index in [4.69, 9.17) is 4.74 Å². The van der Waals surface area contributed by atoms with Gasteiger partial charge in [0, 0.05) is 4.88 Å². The Kier molecular flexibility index (Phi) is 5.79. The van der Waals surface area contributed by atoms with Crippen LogP contribution in [0.5, 0.6) is 11.5 Å². The lowest BCUT2D eigenvalue weighted by molar-refractivity contribution is 0.0934. The third-order valence-electron chi connectivity index (χ3n) is 6.74. The number of carbonyl (C=O) groups excluding carboxylic acids is 1. The molecule has 2 aliphatic rings. The molecular weight excluding hydrogens is 464 g/mol. The van der Waals surface area contributed by atoms with Crippen LogP contribution in [0.15, 0.2) is 16.6 Å². The van der Waals surface area contributed by atoms with Gasteiger partial charge in [-0.25, -0.2) is 0 Å². The predicted octanol–water partition coefficient (Wildman–Crippen LogP) is 6.01. The summed E-state index contributed by atoms with van der Waals surface area (Å²) in [6.07, 6.45) is 3.94. The lowest BCUT2D eigenvalue weighted by Crippen LogP contribution is -2.38. The first-order valence-corrected chi connectivity index (χ1v) is 12.2. The molecule has 0 saturated heterocycles. The van der Waals surface area contributed by atoms with Gasteiger partial charge in [-0.3, -0.25) is 4.79 Å². The summed E-state index contributed by atoms with van der Waals surface area (Å²) in [4.78, 5) is 14.4. The fourth-order valence-electron chi connectivity index (χ4n) is 4.45. The van der Waals surface area contributed by atoms with E-state index >= 15 is 0 Å². The van der Waals surface area contributed by atoms with Gasteiger partial charge in [0.1, 0.15) is 11.2 Å². The van der Waals surface area contributed by atoms with Gasteiger partial charge < -0.3 is 20.5 Å². The van der Waals surface area contributed by atoms with E-state index in [9.17, 15) is 9.90 Å². The average Bonchev–Trinajstić information content (AvgIpc) is 3.09. The van der Waals surface area contributed by atoms with Crippen molar-refractivity contribution < 1.29 is 14.6 Å². The van der Waals surface area contributed by atoms with Crippen LogP contribution in [0.1, 0.15) is 73.1 Å². The van der Waals surface area contributed by atoms with E-state index in [0.29, 0.717) is 28.2 Å². The number of aromatic hydroxyl groups is 1. The number of carbonyl (C=O) groups is 1. The number of halogens is 1. The van der Waals surface area contributed by atoms with Crippen molar-refractivity contribution in [3.8, 4) is 11.5 Å². The molecule has 1 aliphatic carbocycles. The lowest BCUT2D eigenvalue weighted by atomic mass is 9.69. The third-order valence-corrected chi connectivity index (χ3v) is 8.53. The van der Waals surface area contributed by atoms with E-state index in [-0.39, 0.29) is 17.8 Å².